The highest BCUT2D eigenvalue weighted by Crippen LogP contribution is 2.10. The maximum absolute atomic E-state index is 5.85. The van der Waals surface area contributed by atoms with Gasteiger partial charge in [0.25, 0.3) is 0 Å². The molecule has 0 amide bonds. The molecule has 0 aliphatic rings. The van der Waals surface area contributed by atoms with Gasteiger partial charge < -0.3 is 11.1 Å². The van der Waals surface area contributed by atoms with Gasteiger partial charge in [-0.1, -0.05) is 19.1 Å². The Morgan fingerprint density at radius 2 is 2.25 bits per heavy atom. The molecule has 1 heterocycles. The highest BCUT2D eigenvalue weighted by atomic mass is 127. The predicted molar refractivity (Wildman–Crippen MR) is 93.6 cm³/mol. The summed E-state index contributed by atoms with van der Waals surface area (Å²) < 4.78 is 1.83. The summed E-state index contributed by atoms with van der Waals surface area (Å²) in [6.45, 7) is 3.46. The Balaban J connectivity index is 0.00000200. The number of anilines is 1. The van der Waals surface area contributed by atoms with Crippen LogP contribution in [0.15, 0.2) is 47.7 Å². The van der Waals surface area contributed by atoms with E-state index in [0.717, 1.165) is 18.7 Å². The van der Waals surface area contributed by atoms with Crippen LogP contribution in [0.5, 0.6) is 0 Å². The molecule has 0 atom stereocenters. The lowest BCUT2D eigenvalue weighted by Crippen LogP contribution is -2.23. The van der Waals surface area contributed by atoms with Crippen LogP contribution < -0.4 is 11.1 Å². The molecular weight excluding hydrogens is 365 g/mol. The maximum Gasteiger partial charge on any atom is 0.193 e. The number of nitrogens with one attached hydrogen (secondary N) is 1. The van der Waals surface area contributed by atoms with Crippen LogP contribution >= 0.6 is 24.0 Å². The fourth-order valence-electron chi connectivity index (χ4n) is 1.76. The quantitative estimate of drug-likeness (QED) is 0.472. The number of aromatic nitrogens is 2. The van der Waals surface area contributed by atoms with Crippen molar-refractivity contribution < 1.29 is 0 Å². The molecule has 108 valence electrons. The topological polar surface area (TPSA) is 68.2 Å². The summed E-state index contributed by atoms with van der Waals surface area (Å²) in [5, 5.41) is 7.20. The molecule has 0 fully saturated rings. The van der Waals surface area contributed by atoms with Gasteiger partial charge in [0.15, 0.2) is 5.96 Å². The number of hydrogen-bond donors (Lipinski definition) is 2. The van der Waals surface area contributed by atoms with Crippen LogP contribution in [0.4, 0.5) is 5.69 Å². The number of nitrogens with zero attached hydrogens (tertiary/aromatic N) is 3. The largest absolute Gasteiger partial charge is 0.370 e. The number of rotatable bonds is 5. The fourth-order valence-corrected chi connectivity index (χ4v) is 1.76. The molecule has 1 aromatic heterocycles. The van der Waals surface area contributed by atoms with Gasteiger partial charge in [-0.15, -0.1) is 24.0 Å². The van der Waals surface area contributed by atoms with E-state index in [-0.39, 0.29) is 24.0 Å². The first kappa shape index (κ1) is 16.5. The molecule has 0 bridgehead atoms. The smallest absolute Gasteiger partial charge is 0.193 e. The van der Waals surface area contributed by atoms with Crippen LogP contribution in [0, 0.1) is 0 Å². The van der Waals surface area contributed by atoms with Gasteiger partial charge in [-0.25, -0.2) is 0 Å². The van der Waals surface area contributed by atoms with E-state index in [2.05, 4.69) is 34.5 Å². The van der Waals surface area contributed by atoms with Crippen molar-refractivity contribution in [3.05, 3.63) is 48.3 Å². The van der Waals surface area contributed by atoms with Crippen molar-refractivity contribution in [3.63, 3.8) is 0 Å². The van der Waals surface area contributed by atoms with E-state index in [4.69, 9.17) is 5.73 Å². The second-order valence-corrected chi connectivity index (χ2v) is 4.22. The second kappa shape index (κ2) is 8.57. The fraction of sp³-hybridized carbons (Fsp3) is 0.286. The number of guanidine groups is 1. The summed E-state index contributed by atoms with van der Waals surface area (Å²) >= 11 is 0. The van der Waals surface area contributed by atoms with Gasteiger partial charge in [-0.3, -0.25) is 9.67 Å². The van der Waals surface area contributed by atoms with Crippen molar-refractivity contribution in [2.24, 2.45) is 10.7 Å². The summed E-state index contributed by atoms with van der Waals surface area (Å²) in [7, 11) is 0. The number of hydrogen-bond acceptors (Lipinski definition) is 2. The van der Waals surface area contributed by atoms with Crippen molar-refractivity contribution in [2.75, 3.05) is 11.9 Å². The van der Waals surface area contributed by atoms with Gasteiger partial charge in [0.2, 0.25) is 0 Å². The van der Waals surface area contributed by atoms with Gasteiger partial charge in [-0.2, -0.15) is 5.10 Å². The van der Waals surface area contributed by atoms with E-state index in [1.807, 2.05) is 29.1 Å². The number of nitrogens with two attached hydrogens (primary N) is 1. The van der Waals surface area contributed by atoms with E-state index in [1.54, 1.807) is 6.20 Å². The Morgan fingerprint density at radius 1 is 1.40 bits per heavy atom. The molecule has 6 heteroatoms. The molecule has 0 saturated heterocycles. The molecule has 20 heavy (non-hydrogen) atoms. The third-order valence-electron chi connectivity index (χ3n) is 2.78. The molecule has 0 aliphatic heterocycles. The molecule has 0 unspecified atom stereocenters. The van der Waals surface area contributed by atoms with Gasteiger partial charge in [0.1, 0.15) is 0 Å². The third kappa shape index (κ3) is 5.20. The Kier molecular flexibility index (Phi) is 7.06. The lowest BCUT2D eigenvalue weighted by molar-refractivity contribution is 0.625. The Hall–Kier alpha value is -1.57. The van der Waals surface area contributed by atoms with E-state index in [0.29, 0.717) is 12.5 Å². The molecule has 0 saturated carbocycles. The minimum atomic E-state index is 0. The van der Waals surface area contributed by atoms with Crippen LogP contribution in [0.25, 0.3) is 0 Å². The van der Waals surface area contributed by atoms with Crippen molar-refractivity contribution in [2.45, 2.75) is 19.9 Å². The first-order valence-electron chi connectivity index (χ1n) is 6.41. The Labute approximate surface area is 136 Å². The molecule has 3 N–H and O–H groups in total. The number of aryl methyl sites for hydroxylation is 1. The van der Waals surface area contributed by atoms with Gasteiger partial charge >= 0.3 is 0 Å². The molecule has 2 aromatic rings. The zero-order chi connectivity index (χ0) is 13.5. The summed E-state index contributed by atoms with van der Waals surface area (Å²) in [5.41, 5.74) is 8.09. The van der Waals surface area contributed by atoms with Gasteiger partial charge in [-0.05, 0) is 30.2 Å². The lowest BCUT2D eigenvalue weighted by Gasteiger charge is -2.07. The molecule has 0 spiro atoms. The summed E-state index contributed by atoms with van der Waals surface area (Å²) in [6.07, 6.45) is 4.66. The molecule has 2 rings (SSSR count). The lowest BCUT2D eigenvalue weighted by atomic mass is 10.1. The van der Waals surface area contributed by atoms with Gasteiger partial charge in [0.05, 0.1) is 13.1 Å². The van der Waals surface area contributed by atoms with Gasteiger partial charge in [0, 0.05) is 18.1 Å². The average molecular weight is 385 g/mol. The van der Waals surface area contributed by atoms with E-state index in [1.165, 1.54) is 5.56 Å². The molecule has 1 aromatic carbocycles. The standard InChI is InChI=1S/C14H19N5.HI/c1-2-12-5-3-6-13(11-12)18-14(15)16-8-10-19-9-4-7-17-19;/h3-7,9,11H,2,8,10H2,1H3,(H3,15,16,18);1H. The second-order valence-electron chi connectivity index (χ2n) is 4.22. The van der Waals surface area contributed by atoms with E-state index >= 15 is 0 Å². The van der Waals surface area contributed by atoms with Crippen LogP contribution in [-0.4, -0.2) is 22.3 Å². The Morgan fingerprint density at radius 3 is 2.95 bits per heavy atom. The number of aliphatic imine (C=N–C) groups is 1. The van der Waals surface area contributed by atoms with E-state index < -0.39 is 0 Å². The minimum absolute atomic E-state index is 0. The highest BCUT2D eigenvalue weighted by molar-refractivity contribution is 14.0. The first-order valence-corrected chi connectivity index (χ1v) is 6.41. The highest BCUT2D eigenvalue weighted by Gasteiger charge is 1.96. The van der Waals surface area contributed by atoms with Crippen LogP contribution in [-0.2, 0) is 13.0 Å². The average Bonchev–Trinajstić information content (AvgIpc) is 2.92. The number of halogens is 1. The summed E-state index contributed by atoms with van der Waals surface area (Å²) in [6, 6.07) is 10.1. The zero-order valence-corrected chi connectivity index (χ0v) is 13.8. The van der Waals surface area contributed by atoms with Crippen molar-refractivity contribution in [3.8, 4) is 0 Å². The molecule has 0 aliphatic carbocycles. The molecule has 5 nitrogen and oxygen atoms in total. The van der Waals surface area contributed by atoms with Crippen LogP contribution in [0.2, 0.25) is 0 Å². The SMILES string of the molecule is CCc1cccc(NC(N)=NCCn2cccn2)c1.I. The number of benzene rings is 1. The third-order valence-corrected chi connectivity index (χ3v) is 2.78. The normalized spacial score (nSPS) is 10.9. The summed E-state index contributed by atoms with van der Waals surface area (Å²) in [5.74, 6) is 0.431. The monoisotopic (exact) mass is 385 g/mol. The molecular formula is C14H20IN5. The first-order chi connectivity index (χ1) is 9.28. The predicted octanol–water partition coefficient (Wildman–Crippen LogP) is 2.49. The van der Waals surface area contributed by atoms with Crippen LogP contribution in [0.3, 0.4) is 0 Å². The van der Waals surface area contributed by atoms with E-state index in [9.17, 15) is 0 Å². The Bertz CT molecular complexity index is 536. The van der Waals surface area contributed by atoms with Crippen LogP contribution in [0.1, 0.15) is 12.5 Å². The summed E-state index contributed by atoms with van der Waals surface area (Å²) in [4.78, 5) is 4.27. The maximum atomic E-state index is 5.85. The zero-order valence-electron chi connectivity index (χ0n) is 11.5. The molecule has 0 radical (unpaired) electrons. The van der Waals surface area contributed by atoms with Crippen molar-refractivity contribution >= 4 is 35.6 Å². The van der Waals surface area contributed by atoms with Crippen molar-refractivity contribution in [1.29, 1.82) is 0 Å². The minimum Gasteiger partial charge on any atom is -0.370 e. The van der Waals surface area contributed by atoms with Crippen molar-refractivity contribution in [1.82, 2.24) is 9.78 Å².